The van der Waals surface area contributed by atoms with E-state index in [2.05, 4.69) is 42.5 Å². The summed E-state index contributed by atoms with van der Waals surface area (Å²) in [6, 6.07) is 1.20. The van der Waals surface area contributed by atoms with Crippen molar-refractivity contribution in [3.8, 4) is 0 Å². The summed E-state index contributed by atoms with van der Waals surface area (Å²) in [5.41, 5.74) is -0.448. The van der Waals surface area contributed by atoms with E-state index < -0.39 is 5.60 Å². The molecule has 1 aliphatic heterocycles. The molecule has 1 saturated heterocycles. The van der Waals surface area contributed by atoms with E-state index in [1.165, 1.54) is 6.42 Å². The van der Waals surface area contributed by atoms with Crippen LogP contribution in [0, 0.1) is 5.92 Å². The van der Waals surface area contributed by atoms with Crippen LogP contribution in [0.15, 0.2) is 12.2 Å². The molecule has 0 aromatic carbocycles. The van der Waals surface area contributed by atoms with Crippen molar-refractivity contribution in [3.05, 3.63) is 12.2 Å². The van der Waals surface area contributed by atoms with Gasteiger partial charge in [-0.25, -0.2) is 4.79 Å². The van der Waals surface area contributed by atoms with Gasteiger partial charge in [0, 0.05) is 31.7 Å². The number of alkyl carbamates (subject to hydrolysis) is 1. The molecule has 0 aliphatic carbocycles. The van der Waals surface area contributed by atoms with Gasteiger partial charge in [0.1, 0.15) is 5.60 Å². The van der Waals surface area contributed by atoms with E-state index in [0.29, 0.717) is 24.5 Å². The van der Waals surface area contributed by atoms with Crippen molar-refractivity contribution in [1.29, 1.82) is 0 Å². The maximum atomic E-state index is 11.5. The van der Waals surface area contributed by atoms with Crippen molar-refractivity contribution >= 4 is 6.09 Å². The molecule has 1 fully saturated rings. The minimum absolute atomic E-state index is 0.372. The smallest absolute Gasteiger partial charge is 0.407 e. The highest BCUT2D eigenvalue weighted by Crippen LogP contribution is 2.20. The average molecular weight is 311 g/mol. The van der Waals surface area contributed by atoms with Crippen LogP contribution in [0.5, 0.6) is 0 Å². The van der Waals surface area contributed by atoms with E-state index >= 15 is 0 Å². The molecule has 128 valence electrons. The number of ether oxygens (including phenoxy) is 1. The molecule has 0 aromatic heterocycles. The van der Waals surface area contributed by atoms with Crippen LogP contribution in [-0.2, 0) is 4.74 Å². The first-order chi connectivity index (χ1) is 10.2. The number of amides is 1. The zero-order valence-corrected chi connectivity index (χ0v) is 15.0. The predicted octanol–water partition coefficient (Wildman–Crippen LogP) is 2.39. The van der Waals surface area contributed by atoms with Crippen molar-refractivity contribution < 1.29 is 9.53 Å². The Morgan fingerprint density at radius 3 is 2.55 bits per heavy atom. The van der Waals surface area contributed by atoms with Gasteiger partial charge in [-0.3, -0.25) is 0 Å². The topological polar surface area (TPSA) is 53.6 Å². The molecule has 2 N–H and O–H groups in total. The molecule has 1 aliphatic rings. The number of rotatable bonds is 5. The van der Waals surface area contributed by atoms with Crippen LogP contribution in [0.2, 0.25) is 0 Å². The fraction of sp³-hybridized carbons (Fsp3) is 0.824. The first kappa shape index (κ1) is 19.0. The summed E-state index contributed by atoms with van der Waals surface area (Å²) in [5.74, 6) is 0.662. The normalized spacial score (nSPS) is 27.1. The lowest BCUT2D eigenvalue weighted by molar-refractivity contribution is 0.0534. The minimum Gasteiger partial charge on any atom is -0.444 e. The summed E-state index contributed by atoms with van der Waals surface area (Å²) < 4.78 is 5.17. The van der Waals surface area contributed by atoms with Crippen molar-refractivity contribution in [2.75, 3.05) is 26.7 Å². The molecule has 1 rings (SSSR count). The Morgan fingerprint density at radius 2 is 1.91 bits per heavy atom. The second kappa shape index (κ2) is 8.53. The van der Waals surface area contributed by atoms with Crippen molar-refractivity contribution in [1.82, 2.24) is 15.5 Å². The number of hydrogen-bond donors (Lipinski definition) is 2. The number of likely N-dealkylation sites (tertiary alicyclic amines) is 1. The Balaban J connectivity index is 2.17. The maximum Gasteiger partial charge on any atom is 0.407 e. The highest BCUT2D eigenvalue weighted by atomic mass is 16.6. The number of nitrogens with one attached hydrogen (secondary N) is 2. The molecule has 22 heavy (non-hydrogen) atoms. The molecule has 1 amide bonds. The van der Waals surface area contributed by atoms with Gasteiger partial charge in [-0.2, -0.15) is 0 Å². The summed E-state index contributed by atoms with van der Waals surface area (Å²) in [6.07, 6.45) is 4.83. The quantitative estimate of drug-likeness (QED) is 0.766. The molecular weight excluding hydrogens is 278 g/mol. The van der Waals surface area contributed by atoms with Crippen LogP contribution in [0.25, 0.3) is 0 Å². The molecule has 0 saturated carbocycles. The van der Waals surface area contributed by atoms with Gasteiger partial charge in [0.15, 0.2) is 0 Å². The van der Waals surface area contributed by atoms with Gasteiger partial charge in [0.05, 0.1) is 0 Å². The lowest BCUT2D eigenvalue weighted by atomic mass is 9.90. The fourth-order valence-electron chi connectivity index (χ4n) is 2.67. The van der Waals surface area contributed by atoms with E-state index in [9.17, 15) is 4.79 Å². The SMILES string of the molecule is CC1CN(C)C(C)CC1NC/C=C/CNC(=O)OC(C)(C)C. The highest BCUT2D eigenvalue weighted by molar-refractivity contribution is 5.67. The zero-order valence-electron chi connectivity index (χ0n) is 15.0. The van der Waals surface area contributed by atoms with Crippen molar-refractivity contribution in [2.45, 2.75) is 58.7 Å². The Bertz CT molecular complexity index is 377. The highest BCUT2D eigenvalue weighted by Gasteiger charge is 2.27. The van der Waals surface area contributed by atoms with Crippen molar-refractivity contribution in [2.24, 2.45) is 5.92 Å². The molecule has 1 heterocycles. The summed E-state index contributed by atoms with van der Waals surface area (Å²) >= 11 is 0. The fourth-order valence-corrected chi connectivity index (χ4v) is 2.67. The summed E-state index contributed by atoms with van der Waals surface area (Å²) in [5, 5.41) is 6.31. The predicted molar refractivity (Wildman–Crippen MR) is 91.0 cm³/mol. The lowest BCUT2D eigenvalue weighted by Crippen LogP contribution is -2.50. The Morgan fingerprint density at radius 1 is 1.27 bits per heavy atom. The second-order valence-corrected chi connectivity index (χ2v) is 7.37. The van der Waals surface area contributed by atoms with Crippen molar-refractivity contribution in [3.63, 3.8) is 0 Å². The molecule has 5 heteroatoms. The average Bonchev–Trinajstić information content (AvgIpc) is 2.37. The molecule has 3 atom stereocenters. The molecule has 5 nitrogen and oxygen atoms in total. The molecular formula is C17H33N3O2. The van der Waals surface area contributed by atoms with Crippen LogP contribution >= 0.6 is 0 Å². The largest absolute Gasteiger partial charge is 0.444 e. The van der Waals surface area contributed by atoms with E-state index in [-0.39, 0.29) is 6.09 Å². The standard InChI is InChI=1S/C17H33N3O2/c1-13-12-20(6)14(2)11-15(13)18-9-7-8-10-19-16(21)22-17(3,4)5/h7-8,13-15,18H,9-12H2,1-6H3,(H,19,21)/b8-7+. The van der Waals surface area contributed by atoms with Gasteiger partial charge in [-0.05, 0) is 47.1 Å². The van der Waals surface area contributed by atoms with Gasteiger partial charge in [0.25, 0.3) is 0 Å². The molecule has 0 spiro atoms. The number of piperidine rings is 1. The van der Waals surface area contributed by atoms with E-state index in [4.69, 9.17) is 4.74 Å². The third-order valence-corrected chi connectivity index (χ3v) is 4.04. The summed E-state index contributed by atoms with van der Waals surface area (Å²) in [4.78, 5) is 13.9. The molecule has 0 aromatic rings. The number of hydrogen-bond acceptors (Lipinski definition) is 4. The van der Waals surface area contributed by atoms with Crippen LogP contribution in [0.3, 0.4) is 0 Å². The molecule has 0 radical (unpaired) electrons. The van der Waals surface area contributed by atoms with Gasteiger partial charge >= 0.3 is 6.09 Å². The number of carbonyl (C=O) groups excluding carboxylic acids is 1. The van der Waals surface area contributed by atoms with E-state index in [0.717, 1.165) is 13.1 Å². The summed E-state index contributed by atoms with van der Waals surface area (Å²) in [7, 11) is 2.19. The first-order valence-electron chi connectivity index (χ1n) is 8.24. The van der Waals surface area contributed by atoms with E-state index in [1.54, 1.807) is 0 Å². The van der Waals surface area contributed by atoms with Crippen LogP contribution in [0.1, 0.15) is 41.0 Å². The molecule has 0 bridgehead atoms. The van der Waals surface area contributed by atoms with Crippen LogP contribution in [0.4, 0.5) is 4.79 Å². The van der Waals surface area contributed by atoms with Gasteiger partial charge < -0.3 is 20.3 Å². The Labute approximate surface area is 135 Å². The third kappa shape index (κ3) is 7.27. The molecule has 3 unspecified atom stereocenters. The van der Waals surface area contributed by atoms with E-state index in [1.807, 2.05) is 26.8 Å². The number of carbonyl (C=O) groups is 1. The minimum atomic E-state index is -0.448. The van der Waals surface area contributed by atoms with Gasteiger partial charge in [-0.15, -0.1) is 0 Å². The van der Waals surface area contributed by atoms with Crippen LogP contribution in [-0.4, -0.2) is 55.4 Å². The second-order valence-electron chi connectivity index (χ2n) is 7.37. The lowest BCUT2D eigenvalue weighted by Gasteiger charge is -2.40. The third-order valence-electron chi connectivity index (χ3n) is 4.04. The number of nitrogens with zero attached hydrogens (tertiary/aromatic N) is 1. The van der Waals surface area contributed by atoms with Gasteiger partial charge in [0.2, 0.25) is 0 Å². The zero-order chi connectivity index (χ0) is 16.8. The monoisotopic (exact) mass is 311 g/mol. The van der Waals surface area contributed by atoms with Gasteiger partial charge in [-0.1, -0.05) is 19.1 Å². The summed E-state index contributed by atoms with van der Waals surface area (Å²) in [6.45, 7) is 12.6. The Hall–Kier alpha value is -1.07. The first-order valence-corrected chi connectivity index (χ1v) is 8.24. The maximum absolute atomic E-state index is 11.5. The van der Waals surface area contributed by atoms with Crippen LogP contribution < -0.4 is 10.6 Å². The Kier molecular flexibility index (Phi) is 7.36.